The van der Waals surface area contributed by atoms with Crippen LogP contribution < -0.4 is 9.47 Å². The fraction of sp³-hybridized carbons (Fsp3) is 0.364. The van der Waals surface area contributed by atoms with Gasteiger partial charge in [0, 0.05) is 13.1 Å². The van der Waals surface area contributed by atoms with Gasteiger partial charge in [0.2, 0.25) is 11.8 Å². The zero-order chi connectivity index (χ0) is 19.9. The molecule has 0 aromatic heterocycles. The normalized spacial score (nSPS) is 17.0. The van der Waals surface area contributed by atoms with Gasteiger partial charge in [-0.1, -0.05) is 30.3 Å². The lowest BCUT2D eigenvalue weighted by Crippen LogP contribution is -2.58. The van der Waals surface area contributed by atoms with Gasteiger partial charge in [0.25, 0.3) is 0 Å². The molecule has 148 valence electrons. The molecule has 28 heavy (non-hydrogen) atoms. The van der Waals surface area contributed by atoms with E-state index in [1.54, 1.807) is 23.8 Å². The highest BCUT2D eigenvalue weighted by Gasteiger charge is 2.35. The number of piperazine rings is 1. The Labute approximate surface area is 165 Å². The summed E-state index contributed by atoms with van der Waals surface area (Å²) in [5.41, 5.74) is 1.03. The van der Waals surface area contributed by atoms with Gasteiger partial charge in [-0.2, -0.15) is 0 Å². The quantitative estimate of drug-likeness (QED) is 0.659. The molecule has 1 fully saturated rings. The lowest BCUT2D eigenvalue weighted by molar-refractivity contribution is -0.155. The lowest BCUT2D eigenvalue weighted by Gasteiger charge is -2.38. The Bertz CT molecular complexity index is 792. The number of ether oxygens (including phenoxy) is 2. The first-order chi connectivity index (χ1) is 13.6. The largest absolute Gasteiger partial charge is 0.497 e. The number of methoxy groups -OCH3 is 1. The van der Waals surface area contributed by atoms with Crippen LogP contribution in [0.4, 0.5) is 0 Å². The van der Waals surface area contributed by atoms with E-state index in [1.807, 2.05) is 54.6 Å². The van der Waals surface area contributed by atoms with Crippen molar-refractivity contribution >= 4 is 11.8 Å². The predicted octanol–water partition coefficient (Wildman–Crippen LogP) is 2.72. The van der Waals surface area contributed by atoms with Gasteiger partial charge in [-0.25, -0.2) is 0 Å². The first-order valence-electron chi connectivity index (χ1n) is 9.47. The summed E-state index contributed by atoms with van der Waals surface area (Å²) in [6.45, 7) is 3.36. The predicted molar refractivity (Wildman–Crippen MR) is 106 cm³/mol. The third-order valence-corrected chi connectivity index (χ3v) is 4.87. The fourth-order valence-corrected chi connectivity index (χ4v) is 3.30. The molecular formula is C22H26N2O4. The van der Waals surface area contributed by atoms with Gasteiger partial charge < -0.3 is 19.3 Å². The van der Waals surface area contributed by atoms with Gasteiger partial charge in [-0.05, 0) is 43.2 Å². The fourth-order valence-electron chi connectivity index (χ4n) is 3.30. The van der Waals surface area contributed by atoms with Crippen LogP contribution in [0.3, 0.4) is 0 Å². The van der Waals surface area contributed by atoms with Crippen molar-refractivity contribution in [3.8, 4) is 11.5 Å². The summed E-state index contributed by atoms with van der Waals surface area (Å²) < 4.78 is 10.8. The molecule has 0 spiro atoms. The molecule has 3 rings (SSSR count). The number of rotatable bonds is 8. The molecule has 2 amide bonds. The third-order valence-electron chi connectivity index (χ3n) is 4.87. The number of amides is 2. The highest BCUT2D eigenvalue weighted by Crippen LogP contribution is 2.18. The molecular weight excluding hydrogens is 356 g/mol. The Morgan fingerprint density at radius 1 is 1.00 bits per heavy atom. The van der Waals surface area contributed by atoms with Crippen LogP contribution in [0.1, 0.15) is 18.9 Å². The minimum absolute atomic E-state index is 0.0143. The van der Waals surface area contributed by atoms with Gasteiger partial charge in [-0.3, -0.25) is 9.59 Å². The molecule has 2 aromatic carbocycles. The second-order valence-electron chi connectivity index (χ2n) is 6.82. The zero-order valence-corrected chi connectivity index (χ0v) is 16.3. The molecule has 1 atom stereocenters. The molecule has 6 nitrogen and oxygen atoms in total. The second kappa shape index (κ2) is 9.26. The summed E-state index contributed by atoms with van der Waals surface area (Å²) >= 11 is 0. The SMILES string of the molecule is COc1ccc(OCCCN2C(=O)CN(Cc3ccccc3)C(=O)[C@@H]2C)cc1. The van der Waals surface area contributed by atoms with Gasteiger partial charge in [-0.15, -0.1) is 0 Å². The molecule has 6 heteroatoms. The topological polar surface area (TPSA) is 59.1 Å². The van der Waals surface area contributed by atoms with E-state index in [2.05, 4.69) is 0 Å². The van der Waals surface area contributed by atoms with E-state index >= 15 is 0 Å². The van der Waals surface area contributed by atoms with Crippen LogP contribution in [-0.4, -0.2) is 54.5 Å². The summed E-state index contributed by atoms with van der Waals surface area (Å²) in [6, 6.07) is 16.6. The van der Waals surface area contributed by atoms with Crippen LogP contribution >= 0.6 is 0 Å². The van der Waals surface area contributed by atoms with Gasteiger partial charge >= 0.3 is 0 Å². The molecule has 1 aliphatic rings. The summed E-state index contributed by atoms with van der Waals surface area (Å²) in [7, 11) is 1.62. The number of carbonyl (C=O) groups is 2. The van der Waals surface area contributed by atoms with Crippen molar-refractivity contribution in [1.82, 2.24) is 9.80 Å². The lowest BCUT2D eigenvalue weighted by atomic mass is 10.1. The minimum atomic E-state index is -0.453. The first kappa shape index (κ1) is 19.7. The number of hydrogen-bond acceptors (Lipinski definition) is 4. The highest BCUT2D eigenvalue weighted by molar-refractivity contribution is 5.94. The van der Waals surface area contributed by atoms with E-state index in [0.29, 0.717) is 26.1 Å². The molecule has 2 aromatic rings. The van der Waals surface area contributed by atoms with Crippen molar-refractivity contribution in [2.24, 2.45) is 0 Å². The molecule has 1 saturated heterocycles. The molecule has 0 aliphatic carbocycles. The van der Waals surface area contributed by atoms with Gasteiger partial charge in [0.15, 0.2) is 0 Å². The molecule has 0 radical (unpaired) electrons. The summed E-state index contributed by atoms with van der Waals surface area (Å²) in [5.74, 6) is 1.49. The van der Waals surface area contributed by atoms with E-state index in [4.69, 9.17) is 9.47 Å². The van der Waals surface area contributed by atoms with Crippen LogP contribution in [-0.2, 0) is 16.1 Å². The Morgan fingerprint density at radius 3 is 2.36 bits per heavy atom. The van der Waals surface area contributed by atoms with E-state index in [1.165, 1.54) is 0 Å². The molecule has 0 unspecified atom stereocenters. The molecule has 0 N–H and O–H groups in total. The van der Waals surface area contributed by atoms with Crippen molar-refractivity contribution in [2.75, 3.05) is 26.8 Å². The Morgan fingerprint density at radius 2 is 1.68 bits per heavy atom. The van der Waals surface area contributed by atoms with Crippen molar-refractivity contribution < 1.29 is 19.1 Å². The van der Waals surface area contributed by atoms with Crippen LogP contribution in [0, 0.1) is 0 Å². The summed E-state index contributed by atoms with van der Waals surface area (Å²) in [5, 5.41) is 0. The summed E-state index contributed by atoms with van der Waals surface area (Å²) in [6.07, 6.45) is 0.661. The second-order valence-corrected chi connectivity index (χ2v) is 6.82. The maximum atomic E-state index is 12.7. The van der Waals surface area contributed by atoms with Gasteiger partial charge in [0.1, 0.15) is 24.1 Å². The Hall–Kier alpha value is -3.02. The van der Waals surface area contributed by atoms with Crippen LogP contribution in [0.25, 0.3) is 0 Å². The van der Waals surface area contributed by atoms with Crippen molar-refractivity contribution in [3.05, 3.63) is 60.2 Å². The van der Waals surface area contributed by atoms with Gasteiger partial charge in [0.05, 0.1) is 13.7 Å². The Kier molecular flexibility index (Phi) is 6.53. The minimum Gasteiger partial charge on any atom is -0.497 e. The average Bonchev–Trinajstić information content (AvgIpc) is 2.72. The molecule has 1 aliphatic heterocycles. The van der Waals surface area contributed by atoms with E-state index in [9.17, 15) is 9.59 Å². The number of hydrogen-bond donors (Lipinski definition) is 0. The smallest absolute Gasteiger partial charge is 0.245 e. The molecule has 1 heterocycles. The van der Waals surface area contributed by atoms with Crippen molar-refractivity contribution in [2.45, 2.75) is 25.9 Å². The van der Waals surface area contributed by atoms with Crippen LogP contribution in [0.15, 0.2) is 54.6 Å². The van der Waals surface area contributed by atoms with Crippen molar-refractivity contribution in [1.29, 1.82) is 0 Å². The molecule has 0 saturated carbocycles. The average molecular weight is 382 g/mol. The maximum absolute atomic E-state index is 12.7. The number of benzene rings is 2. The number of nitrogens with zero attached hydrogens (tertiary/aromatic N) is 2. The van der Waals surface area contributed by atoms with Crippen LogP contribution in [0.5, 0.6) is 11.5 Å². The summed E-state index contributed by atoms with van der Waals surface area (Å²) in [4.78, 5) is 28.5. The highest BCUT2D eigenvalue weighted by atomic mass is 16.5. The third kappa shape index (κ3) is 4.82. The van der Waals surface area contributed by atoms with E-state index in [-0.39, 0.29) is 18.4 Å². The van der Waals surface area contributed by atoms with E-state index < -0.39 is 6.04 Å². The van der Waals surface area contributed by atoms with E-state index in [0.717, 1.165) is 17.1 Å². The van der Waals surface area contributed by atoms with Crippen molar-refractivity contribution in [3.63, 3.8) is 0 Å². The monoisotopic (exact) mass is 382 g/mol. The Balaban J connectivity index is 1.48. The molecule has 0 bridgehead atoms. The zero-order valence-electron chi connectivity index (χ0n) is 16.3. The number of carbonyl (C=O) groups excluding carboxylic acids is 2. The standard InChI is InChI=1S/C22H26N2O4/c1-17-22(26)23(15-18-7-4-3-5-8-18)16-21(25)24(17)13-6-14-28-20-11-9-19(27-2)10-12-20/h3-5,7-12,17H,6,13-16H2,1-2H3/t17-/m0/s1. The first-order valence-corrected chi connectivity index (χ1v) is 9.47. The van der Waals surface area contributed by atoms with Crippen LogP contribution in [0.2, 0.25) is 0 Å². The maximum Gasteiger partial charge on any atom is 0.245 e.